The molecule has 2 rings (SSSR count). The summed E-state index contributed by atoms with van der Waals surface area (Å²) in [4.78, 5) is 15.9. The summed E-state index contributed by atoms with van der Waals surface area (Å²) < 4.78 is 5.23. The van der Waals surface area contributed by atoms with Crippen molar-refractivity contribution in [2.24, 2.45) is 11.8 Å². The van der Waals surface area contributed by atoms with Gasteiger partial charge in [-0.2, -0.15) is 0 Å². The fraction of sp³-hybridized carbons (Fsp3) is 0.684. The number of pyridine rings is 1. The summed E-state index contributed by atoms with van der Waals surface area (Å²) in [7, 11) is 0. The van der Waals surface area contributed by atoms with E-state index in [1.54, 1.807) is 6.20 Å². The molecule has 0 aromatic carbocycles. The Morgan fingerprint density at radius 2 is 1.91 bits per heavy atom. The van der Waals surface area contributed by atoms with Crippen LogP contribution in [0.4, 0.5) is 0 Å². The molecule has 0 N–H and O–H groups in total. The average molecular weight is 303 g/mol. The number of aromatic nitrogens is 1. The van der Waals surface area contributed by atoms with Crippen molar-refractivity contribution in [3.8, 4) is 5.75 Å². The molecule has 0 bridgehead atoms. The molecule has 1 aliphatic carbocycles. The third-order valence-corrected chi connectivity index (χ3v) is 4.84. The SMILES string of the molecule is CCCC(=O)Oc1ccc(CC[C@H]2CC[C@H](CC)CC2)nc1. The quantitative estimate of drug-likeness (QED) is 0.670. The minimum Gasteiger partial charge on any atom is -0.425 e. The van der Waals surface area contributed by atoms with Crippen molar-refractivity contribution >= 4 is 5.97 Å². The number of nitrogens with zero attached hydrogens (tertiary/aromatic N) is 1. The molecule has 0 saturated heterocycles. The maximum atomic E-state index is 11.4. The third kappa shape index (κ3) is 5.43. The third-order valence-electron chi connectivity index (χ3n) is 4.84. The van der Waals surface area contributed by atoms with Crippen molar-refractivity contribution in [2.75, 3.05) is 0 Å². The number of carbonyl (C=O) groups excluding carboxylic acids is 1. The second kappa shape index (κ2) is 8.92. The van der Waals surface area contributed by atoms with E-state index in [0.717, 1.165) is 30.4 Å². The molecule has 0 atom stereocenters. The number of ether oxygens (including phenoxy) is 1. The van der Waals surface area contributed by atoms with Gasteiger partial charge in [-0.15, -0.1) is 0 Å². The zero-order valence-corrected chi connectivity index (χ0v) is 14.0. The van der Waals surface area contributed by atoms with Crippen LogP contribution in [0.3, 0.4) is 0 Å². The van der Waals surface area contributed by atoms with E-state index in [-0.39, 0.29) is 5.97 Å². The molecule has 1 heterocycles. The van der Waals surface area contributed by atoms with E-state index in [9.17, 15) is 4.79 Å². The molecule has 22 heavy (non-hydrogen) atoms. The monoisotopic (exact) mass is 303 g/mol. The summed E-state index contributed by atoms with van der Waals surface area (Å²) in [6.07, 6.45) is 12.1. The van der Waals surface area contributed by atoms with Gasteiger partial charge in [-0.05, 0) is 43.2 Å². The molecule has 1 aliphatic rings. The minimum atomic E-state index is -0.176. The standard InChI is InChI=1S/C19H29NO2/c1-3-5-19(21)22-18-13-12-17(20-14-18)11-10-16-8-6-15(4-2)7-9-16/h12-16H,3-11H2,1-2H3/t15-,16-. The van der Waals surface area contributed by atoms with Crippen LogP contribution in [-0.2, 0) is 11.2 Å². The first kappa shape index (κ1) is 17.0. The topological polar surface area (TPSA) is 39.2 Å². The summed E-state index contributed by atoms with van der Waals surface area (Å²) in [5, 5.41) is 0. The molecule has 1 aromatic heterocycles. The molecular formula is C19H29NO2. The molecule has 1 saturated carbocycles. The largest absolute Gasteiger partial charge is 0.425 e. The van der Waals surface area contributed by atoms with Crippen molar-refractivity contribution in [1.82, 2.24) is 4.98 Å². The molecule has 0 aliphatic heterocycles. The maximum Gasteiger partial charge on any atom is 0.311 e. The van der Waals surface area contributed by atoms with Gasteiger partial charge in [-0.25, -0.2) is 0 Å². The smallest absolute Gasteiger partial charge is 0.311 e. The summed E-state index contributed by atoms with van der Waals surface area (Å²) in [6.45, 7) is 4.28. The maximum absolute atomic E-state index is 11.4. The molecule has 3 heteroatoms. The van der Waals surface area contributed by atoms with E-state index in [1.807, 2.05) is 19.1 Å². The van der Waals surface area contributed by atoms with Gasteiger partial charge >= 0.3 is 5.97 Å². The van der Waals surface area contributed by atoms with Crippen LogP contribution in [0.25, 0.3) is 0 Å². The molecule has 0 spiro atoms. The molecule has 0 radical (unpaired) electrons. The average Bonchev–Trinajstić information content (AvgIpc) is 2.55. The highest BCUT2D eigenvalue weighted by atomic mass is 16.5. The van der Waals surface area contributed by atoms with Crippen LogP contribution in [0.5, 0.6) is 5.75 Å². The summed E-state index contributed by atoms with van der Waals surface area (Å²) in [5.41, 5.74) is 1.10. The van der Waals surface area contributed by atoms with Gasteiger partial charge in [0.25, 0.3) is 0 Å². The molecule has 1 aromatic rings. The van der Waals surface area contributed by atoms with E-state index in [0.29, 0.717) is 12.2 Å². The number of hydrogen-bond donors (Lipinski definition) is 0. The van der Waals surface area contributed by atoms with Gasteiger partial charge in [0.05, 0.1) is 6.20 Å². The van der Waals surface area contributed by atoms with Crippen LogP contribution in [0.1, 0.15) is 70.9 Å². The summed E-state index contributed by atoms with van der Waals surface area (Å²) >= 11 is 0. The Morgan fingerprint density at radius 3 is 2.50 bits per heavy atom. The molecule has 0 amide bonds. The normalized spacial score (nSPS) is 21.5. The van der Waals surface area contributed by atoms with Crippen molar-refractivity contribution in [1.29, 1.82) is 0 Å². The van der Waals surface area contributed by atoms with E-state index < -0.39 is 0 Å². The number of aryl methyl sites for hydroxylation is 1. The van der Waals surface area contributed by atoms with E-state index in [2.05, 4.69) is 11.9 Å². The van der Waals surface area contributed by atoms with Gasteiger partial charge in [0.1, 0.15) is 5.75 Å². The Bertz CT molecular complexity index is 447. The zero-order valence-electron chi connectivity index (χ0n) is 14.0. The van der Waals surface area contributed by atoms with Crippen LogP contribution in [0.2, 0.25) is 0 Å². The zero-order chi connectivity index (χ0) is 15.8. The van der Waals surface area contributed by atoms with Crippen molar-refractivity contribution in [3.63, 3.8) is 0 Å². The van der Waals surface area contributed by atoms with Crippen LogP contribution in [0, 0.1) is 11.8 Å². The van der Waals surface area contributed by atoms with E-state index in [1.165, 1.54) is 38.5 Å². The van der Waals surface area contributed by atoms with Gasteiger partial charge in [0.15, 0.2) is 0 Å². The van der Waals surface area contributed by atoms with Crippen molar-refractivity contribution in [2.45, 2.75) is 71.6 Å². The van der Waals surface area contributed by atoms with Gasteiger partial charge in [-0.1, -0.05) is 46.0 Å². The van der Waals surface area contributed by atoms with E-state index in [4.69, 9.17) is 4.74 Å². The molecule has 1 fully saturated rings. The Balaban J connectivity index is 1.73. The van der Waals surface area contributed by atoms with Crippen LogP contribution in [0.15, 0.2) is 18.3 Å². The highest BCUT2D eigenvalue weighted by molar-refractivity contribution is 5.72. The molecule has 3 nitrogen and oxygen atoms in total. The fourth-order valence-corrected chi connectivity index (χ4v) is 3.29. The van der Waals surface area contributed by atoms with Gasteiger partial charge in [0.2, 0.25) is 0 Å². The Morgan fingerprint density at radius 1 is 1.18 bits per heavy atom. The lowest BCUT2D eigenvalue weighted by atomic mass is 9.79. The van der Waals surface area contributed by atoms with Crippen molar-refractivity contribution < 1.29 is 9.53 Å². The molecule has 0 unspecified atom stereocenters. The van der Waals surface area contributed by atoms with Crippen molar-refractivity contribution in [3.05, 3.63) is 24.0 Å². The fourth-order valence-electron chi connectivity index (χ4n) is 3.29. The molecular weight excluding hydrogens is 274 g/mol. The first-order chi connectivity index (χ1) is 10.7. The van der Waals surface area contributed by atoms with Crippen LogP contribution in [-0.4, -0.2) is 11.0 Å². The minimum absolute atomic E-state index is 0.176. The van der Waals surface area contributed by atoms with Gasteiger partial charge in [-0.3, -0.25) is 9.78 Å². The Hall–Kier alpha value is -1.38. The molecule has 122 valence electrons. The summed E-state index contributed by atoms with van der Waals surface area (Å²) in [6, 6.07) is 3.86. The highest BCUT2D eigenvalue weighted by Gasteiger charge is 2.19. The number of carbonyl (C=O) groups is 1. The number of esters is 1. The Kier molecular flexibility index (Phi) is 6.88. The second-order valence-electron chi connectivity index (χ2n) is 6.54. The lowest BCUT2D eigenvalue weighted by Gasteiger charge is -2.27. The lowest BCUT2D eigenvalue weighted by Crippen LogP contribution is -2.14. The number of hydrogen-bond acceptors (Lipinski definition) is 3. The predicted octanol–water partition coefficient (Wildman–Crippen LogP) is 4.94. The highest BCUT2D eigenvalue weighted by Crippen LogP contribution is 2.32. The first-order valence-electron chi connectivity index (χ1n) is 8.86. The Labute approximate surface area is 134 Å². The lowest BCUT2D eigenvalue weighted by molar-refractivity contribution is -0.134. The predicted molar refractivity (Wildman–Crippen MR) is 88.8 cm³/mol. The number of rotatable bonds is 7. The van der Waals surface area contributed by atoms with Gasteiger partial charge in [0, 0.05) is 12.1 Å². The first-order valence-corrected chi connectivity index (χ1v) is 8.86. The summed E-state index contributed by atoms with van der Waals surface area (Å²) in [5.74, 6) is 2.22. The van der Waals surface area contributed by atoms with Gasteiger partial charge < -0.3 is 4.74 Å². The van der Waals surface area contributed by atoms with Crippen LogP contribution < -0.4 is 4.74 Å². The van der Waals surface area contributed by atoms with Crippen LogP contribution >= 0.6 is 0 Å². The van der Waals surface area contributed by atoms with E-state index >= 15 is 0 Å². The second-order valence-corrected chi connectivity index (χ2v) is 6.54.